The van der Waals surface area contributed by atoms with Crippen molar-refractivity contribution < 1.29 is 14.3 Å². The highest BCUT2D eigenvalue weighted by atomic mass is 32.1. The van der Waals surface area contributed by atoms with E-state index in [-0.39, 0.29) is 11.9 Å². The summed E-state index contributed by atoms with van der Waals surface area (Å²) < 4.78 is 10.6. The van der Waals surface area contributed by atoms with Crippen LogP contribution in [-0.4, -0.2) is 48.7 Å². The maximum Gasteiger partial charge on any atom is 0.223 e. The Bertz CT molecular complexity index is 684. The van der Waals surface area contributed by atoms with E-state index in [0.717, 1.165) is 22.0 Å². The minimum absolute atomic E-state index is 0.164. The van der Waals surface area contributed by atoms with Crippen LogP contribution < -0.4 is 4.74 Å². The summed E-state index contributed by atoms with van der Waals surface area (Å²) >= 11 is 1.61. The summed E-state index contributed by atoms with van der Waals surface area (Å²) in [7, 11) is 1.66. The summed E-state index contributed by atoms with van der Waals surface area (Å²) in [6, 6.07) is 8.02. The van der Waals surface area contributed by atoms with Gasteiger partial charge in [-0.1, -0.05) is 0 Å². The lowest BCUT2D eigenvalue weighted by Crippen LogP contribution is -2.47. The van der Waals surface area contributed by atoms with E-state index in [1.54, 1.807) is 18.4 Å². The molecule has 2 heterocycles. The first-order valence-electron chi connectivity index (χ1n) is 8.13. The summed E-state index contributed by atoms with van der Waals surface area (Å²) in [6.45, 7) is 3.98. The number of hydrogen-bond acceptors (Lipinski definition) is 5. The van der Waals surface area contributed by atoms with Gasteiger partial charge in [0.05, 0.1) is 37.1 Å². The zero-order valence-corrected chi connectivity index (χ0v) is 14.8. The van der Waals surface area contributed by atoms with Crippen molar-refractivity contribution >= 4 is 17.2 Å². The van der Waals surface area contributed by atoms with Crippen molar-refractivity contribution in [2.24, 2.45) is 0 Å². The number of morpholine rings is 1. The SMILES string of the molecule is COc1ccc(-c2csc(CCC(=O)N3CCOCC3C)n2)cc1. The third kappa shape index (κ3) is 3.94. The Morgan fingerprint density at radius 3 is 2.92 bits per heavy atom. The van der Waals surface area contributed by atoms with Gasteiger partial charge in [0.15, 0.2) is 0 Å². The maximum atomic E-state index is 12.4. The number of aromatic nitrogens is 1. The molecule has 0 radical (unpaired) electrons. The monoisotopic (exact) mass is 346 g/mol. The lowest BCUT2D eigenvalue weighted by Gasteiger charge is -2.33. The van der Waals surface area contributed by atoms with Crippen molar-refractivity contribution in [1.82, 2.24) is 9.88 Å². The predicted octanol–water partition coefficient (Wildman–Crippen LogP) is 3.00. The number of thiazole rings is 1. The zero-order chi connectivity index (χ0) is 16.9. The van der Waals surface area contributed by atoms with Gasteiger partial charge in [-0.2, -0.15) is 0 Å². The molecule has 0 aliphatic carbocycles. The van der Waals surface area contributed by atoms with Crippen LogP contribution in [0.25, 0.3) is 11.3 Å². The second-order valence-corrected chi connectivity index (χ2v) is 6.81. The van der Waals surface area contributed by atoms with Crippen molar-refractivity contribution in [3.05, 3.63) is 34.7 Å². The molecule has 24 heavy (non-hydrogen) atoms. The molecular formula is C18H22N2O3S. The number of benzene rings is 1. The summed E-state index contributed by atoms with van der Waals surface area (Å²) in [5.41, 5.74) is 2.01. The van der Waals surface area contributed by atoms with Crippen molar-refractivity contribution in [2.45, 2.75) is 25.8 Å². The van der Waals surface area contributed by atoms with Crippen LogP contribution >= 0.6 is 11.3 Å². The molecule has 6 heteroatoms. The maximum absolute atomic E-state index is 12.4. The van der Waals surface area contributed by atoms with Crippen LogP contribution in [0.15, 0.2) is 29.6 Å². The second kappa shape index (κ2) is 7.77. The first kappa shape index (κ1) is 16.9. The van der Waals surface area contributed by atoms with Gasteiger partial charge in [0, 0.05) is 30.3 Å². The van der Waals surface area contributed by atoms with Gasteiger partial charge in [-0.25, -0.2) is 4.98 Å². The number of carbonyl (C=O) groups excluding carboxylic acids is 1. The van der Waals surface area contributed by atoms with Crippen molar-refractivity contribution in [1.29, 1.82) is 0 Å². The number of aryl methyl sites for hydroxylation is 1. The predicted molar refractivity (Wildman–Crippen MR) is 94.4 cm³/mol. The molecule has 1 aromatic carbocycles. The van der Waals surface area contributed by atoms with Gasteiger partial charge in [-0.15, -0.1) is 11.3 Å². The number of amides is 1. The summed E-state index contributed by atoms with van der Waals surface area (Å²) in [4.78, 5) is 18.9. The van der Waals surface area contributed by atoms with E-state index >= 15 is 0 Å². The number of hydrogen-bond donors (Lipinski definition) is 0. The Labute approximate surface area is 146 Å². The van der Waals surface area contributed by atoms with Crippen LogP contribution in [0.1, 0.15) is 18.4 Å². The minimum atomic E-state index is 0.164. The van der Waals surface area contributed by atoms with Crippen molar-refractivity contribution in [3.63, 3.8) is 0 Å². The smallest absolute Gasteiger partial charge is 0.223 e. The molecule has 3 rings (SSSR count). The molecule has 2 aromatic rings. The van der Waals surface area contributed by atoms with E-state index in [0.29, 0.717) is 32.6 Å². The van der Waals surface area contributed by atoms with Gasteiger partial charge in [0.25, 0.3) is 0 Å². The van der Waals surface area contributed by atoms with E-state index in [4.69, 9.17) is 9.47 Å². The number of rotatable bonds is 5. The van der Waals surface area contributed by atoms with Gasteiger partial charge in [-0.05, 0) is 31.2 Å². The lowest BCUT2D eigenvalue weighted by atomic mass is 10.1. The molecule has 0 bridgehead atoms. The first-order valence-corrected chi connectivity index (χ1v) is 9.01. The molecule has 1 aliphatic heterocycles. The topological polar surface area (TPSA) is 51.7 Å². The van der Waals surface area contributed by atoms with Crippen LogP contribution in [0.2, 0.25) is 0 Å². The van der Waals surface area contributed by atoms with Crippen LogP contribution in [0.4, 0.5) is 0 Å². The highest BCUT2D eigenvalue weighted by Crippen LogP contribution is 2.25. The molecule has 1 aliphatic rings. The van der Waals surface area contributed by atoms with Crippen LogP contribution in [-0.2, 0) is 16.0 Å². The molecule has 128 valence electrons. The average Bonchev–Trinajstić information content (AvgIpc) is 3.09. The largest absolute Gasteiger partial charge is 0.497 e. The molecule has 0 saturated carbocycles. The van der Waals surface area contributed by atoms with Crippen molar-refractivity contribution in [3.8, 4) is 17.0 Å². The highest BCUT2D eigenvalue weighted by molar-refractivity contribution is 7.09. The quantitative estimate of drug-likeness (QED) is 0.835. The summed E-state index contributed by atoms with van der Waals surface area (Å²) in [5.74, 6) is 1.02. The standard InChI is InChI=1S/C18H22N2O3S/c1-13-11-23-10-9-20(13)18(21)8-7-17-19-16(12-24-17)14-3-5-15(22-2)6-4-14/h3-6,12-13H,7-11H2,1-2H3. The fraction of sp³-hybridized carbons (Fsp3) is 0.444. The van der Waals surface area contributed by atoms with Crippen LogP contribution in [0.5, 0.6) is 5.75 Å². The number of nitrogens with zero attached hydrogens (tertiary/aromatic N) is 2. The number of carbonyl (C=O) groups is 1. The molecule has 1 amide bonds. The molecular weight excluding hydrogens is 324 g/mol. The minimum Gasteiger partial charge on any atom is -0.497 e. The Kier molecular flexibility index (Phi) is 5.48. The Morgan fingerprint density at radius 2 is 2.21 bits per heavy atom. The molecule has 5 nitrogen and oxygen atoms in total. The van der Waals surface area contributed by atoms with E-state index in [1.165, 1.54) is 0 Å². The van der Waals surface area contributed by atoms with Crippen LogP contribution in [0.3, 0.4) is 0 Å². The molecule has 0 N–H and O–H groups in total. The van der Waals surface area contributed by atoms with Gasteiger partial charge in [0.2, 0.25) is 5.91 Å². The van der Waals surface area contributed by atoms with E-state index in [9.17, 15) is 4.79 Å². The fourth-order valence-electron chi connectivity index (χ4n) is 2.78. The Morgan fingerprint density at radius 1 is 1.42 bits per heavy atom. The van der Waals surface area contributed by atoms with E-state index < -0.39 is 0 Å². The van der Waals surface area contributed by atoms with Crippen LogP contribution in [0, 0.1) is 0 Å². The second-order valence-electron chi connectivity index (χ2n) is 5.87. The van der Waals surface area contributed by atoms with Gasteiger partial charge < -0.3 is 14.4 Å². The number of ether oxygens (including phenoxy) is 2. The molecule has 1 saturated heterocycles. The normalized spacial score (nSPS) is 17.8. The first-order chi connectivity index (χ1) is 11.7. The van der Waals surface area contributed by atoms with Gasteiger partial charge in [-0.3, -0.25) is 4.79 Å². The highest BCUT2D eigenvalue weighted by Gasteiger charge is 2.23. The third-order valence-corrected chi connectivity index (χ3v) is 5.09. The Balaban J connectivity index is 1.58. The van der Waals surface area contributed by atoms with E-state index in [2.05, 4.69) is 4.98 Å². The third-order valence-electron chi connectivity index (χ3n) is 4.18. The molecule has 0 spiro atoms. The lowest BCUT2D eigenvalue weighted by molar-refractivity contribution is -0.139. The molecule has 1 atom stereocenters. The zero-order valence-electron chi connectivity index (χ0n) is 14.0. The molecule has 1 unspecified atom stereocenters. The fourth-order valence-corrected chi connectivity index (χ4v) is 3.58. The van der Waals surface area contributed by atoms with Gasteiger partial charge >= 0.3 is 0 Å². The summed E-state index contributed by atoms with van der Waals surface area (Å²) in [6.07, 6.45) is 1.18. The Hall–Kier alpha value is -1.92. The molecule has 1 fully saturated rings. The average molecular weight is 346 g/mol. The summed E-state index contributed by atoms with van der Waals surface area (Å²) in [5, 5.41) is 3.04. The molecule has 1 aromatic heterocycles. The van der Waals surface area contributed by atoms with Crippen molar-refractivity contribution in [2.75, 3.05) is 26.9 Å². The number of methoxy groups -OCH3 is 1. The van der Waals surface area contributed by atoms with Gasteiger partial charge in [0.1, 0.15) is 5.75 Å². The van der Waals surface area contributed by atoms with E-state index in [1.807, 2.05) is 41.5 Å².